The normalized spacial score (nSPS) is 14.7. The highest BCUT2D eigenvalue weighted by atomic mass is 19.1. The predicted molar refractivity (Wildman–Crippen MR) is 115 cm³/mol. The Hall–Kier alpha value is -3.60. The van der Waals surface area contributed by atoms with E-state index in [4.69, 9.17) is 9.47 Å². The van der Waals surface area contributed by atoms with Crippen molar-refractivity contribution in [3.8, 4) is 5.88 Å². The minimum absolute atomic E-state index is 0.00882. The summed E-state index contributed by atoms with van der Waals surface area (Å²) in [4.78, 5) is 18.7. The maximum atomic E-state index is 15.4. The summed E-state index contributed by atoms with van der Waals surface area (Å²) in [6.07, 6.45) is 2.71. The molecular formula is C21H23F2N7O2. The van der Waals surface area contributed by atoms with E-state index in [1.165, 1.54) is 19.2 Å². The van der Waals surface area contributed by atoms with Gasteiger partial charge in [0.2, 0.25) is 17.6 Å². The first-order valence-electron chi connectivity index (χ1n) is 10.1. The molecule has 0 saturated carbocycles. The van der Waals surface area contributed by atoms with E-state index in [9.17, 15) is 4.39 Å². The maximum Gasteiger partial charge on any atom is 0.237 e. The highest BCUT2D eigenvalue weighted by Crippen LogP contribution is 2.30. The highest BCUT2D eigenvalue weighted by Gasteiger charge is 2.23. The van der Waals surface area contributed by atoms with E-state index in [-0.39, 0.29) is 17.6 Å². The molecule has 3 aromatic rings. The molecule has 11 heteroatoms. The van der Waals surface area contributed by atoms with Crippen molar-refractivity contribution in [3.05, 3.63) is 54.0 Å². The third-order valence-corrected chi connectivity index (χ3v) is 4.90. The average molecular weight is 443 g/mol. The third-order valence-electron chi connectivity index (χ3n) is 4.90. The van der Waals surface area contributed by atoms with Gasteiger partial charge in [-0.2, -0.15) is 14.4 Å². The highest BCUT2D eigenvalue weighted by molar-refractivity contribution is 5.63. The lowest BCUT2D eigenvalue weighted by Crippen LogP contribution is -2.37. The van der Waals surface area contributed by atoms with E-state index in [1.807, 2.05) is 0 Å². The molecule has 0 aliphatic carbocycles. The quantitative estimate of drug-likeness (QED) is 0.570. The van der Waals surface area contributed by atoms with Crippen molar-refractivity contribution in [2.75, 3.05) is 48.9 Å². The number of nitrogens with zero attached hydrogens (tertiary/aromatic N) is 5. The van der Waals surface area contributed by atoms with Gasteiger partial charge in [0.1, 0.15) is 11.5 Å². The standard InChI is InChI=1S/C21H23F2N7O2/c1-13(15-6-5-14(22)12-25-15)26-18-17(23)19(30-8-10-32-11-9-30)29-21(28-18)27-16-4-3-7-24-20(16)31-2/h3-7,12-13H,8-11H2,1-2H3,(H2,26,27,28,29). The Morgan fingerprint density at radius 2 is 1.94 bits per heavy atom. The summed E-state index contributed by atoms with van der Waals surface area (Å²) in [5, 5.41) is 6.08. The van der Waals surface area contributed by atoms with Gasteiger partial charge in [0.05, 0.1) is 38.3 Å². The van der Waals surface area contributed by atoms with E-state index in [0.717, 1.165) is 6.20 Å². The first-order valence-corrected chi connectivity index (χ1v) is 10.1. The van der Waals surface area contributed by atoms with Crippen LogP contribution < -0.4 is 20.3 Å². The topological polar surface area (TPSA) is 97.3 Å². The second-order valence-electron chi connectivity index (χ2n) is 7.09. The number of anilines is 4. The molecule has 4 rings (SSSR count). The molecule has 0 amide bonds. The monoisotopic (exact) mass is 443 g/mol. The van der Waals surface area contributed by atoms with Crippen molar-refractivity contribution in [3.63, 3.8) is 0 Å². The van der Waals surface area contributed by atoms with E-state index in [2.05, 4.69) is 30.6 Å². The third kappa shape index (κ3) is 4.83. The molecule has 2 N–H and O–H groups in total. The fourth-order valence-electron chi connectivity index (χ4n) is 3.26. The molecule has 1 fully saturated rings. The van der Waals surface area contributed by atoms with Crippen LogP contribution in [0.15, 0.2) is 36.7 Å². The van der Waals surface area contributed by atoms with Gasteiger partial charge in [0, 0.05) is 19.3 Å². The Morgan fingerprint density at radius 1 is 1.12 bits per heavy atom. The van der Waals surface area contributed by atoms with Crippen LogP contribution in [0.2, 0.25) is 0 Å². The van der Waals surface area contributed by atoms with Gasteiger partial charge >= 0.3 is 0 Å². The lowest BCUT2D eigenvalue weighted by Gasteiger charge is -2.29. The Morgan fingerprint density at radius 3 is 2.66 bits per heavy atom. The van der Waals surface area contributed by atoms with Gasteiger partial charge in [-0.1, -0.05) is 0 Å². The number of pyridine rings is 2. The molecule has 1 aliphatic rings. The molecule has 0 spiro atoms. The zero-order chi connectivity index (χ0) is 22.5. The molecule has 4 heterocycles. The molecule has 1 aliphatic heterocycles. The zero-order valence-electron chi connectivity index (χ0n) is 17.7. The van der Waals surface area contributed by atoms with Crippen LogP contribution in [-0.4, -0.2) is 53.3 Å². The van der Waals surface area contributed by atoms with Crippen molar-refractivity contribution in [2.45, 2.75) is 13.0 Å². The van der Waals surface area contributed by atoms with Crippen LogP contribution in [0.25, 0.3) is 0 Å². The van der Waals surface area contributed by atoms with Gasteiger partial charge in [0.15, 0.2) is 11.6 Å². The fraction of sp³-hybridized carbons (Fsp3) is 0.333. The number of hydrogen-bond acceptors (Lipinski definition) is 9. The van der Waals surface area contributed by atoms with Crippen molar-refractivity contribution >= 4 is 23.3 Å². The minimum Gasteiger partial charge on any atom is -0.480 e. The van der Waals surface area contributed by atoms with Crippen LogP contribution in [-0.2, 0) is 4.74 Å². The van der Waals surface area contributed by atoms with Crippen molar-refractivity contribution in [2.24, 2.45) is 0 Å². The SMILES string of the molecule is COc1ncccc1Nc1nc(NC(C)c2ccc(F)cn2)c(F)c(N2CCOCC2)n1. The summed E-state index contributed by atoms with van der Waals surface area (Å²) in [6, 6.07) is 5.90. The van der Waals surface area contributed by atoms with E-state index in [0.29, 0.717) is 43.6 Å². The Labute approximate surface area is 183 Å². The summed E-state index contributed by atoms with van der Waals surface area (Å²) in [6.45, 7) is 3.73. The zero-order valence-corrected chi connectivity index (χ0v) is 17.7. The van der Waals surface area contributed by atoms with Gasteiger partial charge in [-0.3, -0.25) is 4.98 Å². The molecule has 0 bridgehead atoms. The molecule has 168 valence electrons. The van der Waals surface area contributed by atoms with E-state index < -0.39 is 17.7 Å². The number of aromatic nitrogens is 4. The van der Waals surface area contributed by atoms with Crippen LogP contribution in [0.1, 0.15) is 18.7 Å². The summed E-state index contributed by atoms with van der Waals surface area (Å²) >= 11 is 0. The number of halogens is 2. The summed E-state index contributed by atoms with van der Waals surface area (Å²) in [7, 11) is 1.50. The second-order valence-corrected chi connectivity index (χ2v) is 7.09. The van der Waals surface area contributed by atoms with Crippen LogP contribution in [0.5, 0.6) is 5.88 Å². The van der Waals surface area contributed by atoms with Gasteiger partial charge in [0.25, 0.3) is 0 Å². The average Bonchev–Trinajstić information content (AvgIpc) is 2.82. The van der Waals surface area contributed by atoms with Crippen LogP contribution in [0.4, 0.5) is 32.1 Å². The van der Waals surface area contributed by atoms with Crippen molar-refractivity contribution < 1.29 is 18.3 Å². The van der Waals surface area contributed by atoms with Gasteiger partial charge < -0.3 is 25.0 Å². The lowest BCUT2D eigenvalue weighted by atomic mass is 10.2. The number of ether oxygens (including phenoxy) is 2. The van der Waals surface area contributed by atoms with Crippen LogP contribution in [0, 0.1) is 11.6 Å². The van der Waals surface area contributed by atoms with Gasteiger partial charge in [-0.25, -0.2) is 9.37 Å². The minimum atomic E-state index is -0.593. The summed E-state index contributed by atoms with van der Waals surface area (Å²) in [5.74, 6) is -0.376. The summed E-state index contributed by atoms with van der Waals surface area (Å²) in [5.41, 5.74) is 1.08. The Bertz CT molecular complexity index is 1060. The molecule has 0 radical (unpaired) electrons. The number of methoxy groups -OCH3 is 1. The second kappa shape index (κ2) is 9.69. The largest absolute Gasteiger partial charge is 0.480 e. The molecule has 1 unspecified atom stereocenters. The number of nitrogens with one attached hydrogen (secondary N) is 2. The first kappa shape index (κ1) is 21.6. The summed E-state index contributed by atoms with van der Waals surface area (Å²) < 4.78 is 39.3. The molecule has 9 nitrogen and oxygen atoms in total. The van der Waals surface area contributed by atoms with Crippen molar-refractivity contribution in [1.29, 1.82) is 0 Å². The van der Waals surface area contributed by atoms with E-state index >= 15 is 4.39 Å². The molecular weight excluding hydrogens is 420 g/mol. The number of morpholine rings is 1. The van der Waals surface area contributed by atoms with Crippen LogP contribution >= 0.6 is 0 Å². The number of rotatable bonds is 7. The predicted octanol–water partition coefficient (Wildman–Crippen LogP) is 3.31. The molecule has 1 saturated heterocycles. The molecule has 32 heavy (non-hydrogen) atoms. The molecule has 0 aromatic carbocycles. The fourth-order valence-corrected chi connectivity index (χ4v) is 3.26. The Balaban J connectivity index is 1.68. The smallest absolute Gasteiger partial charge is 0.237 e. The maximum absolute atomic E-state index is 15.4. The van der Waals surface area contributed by atoms with Crippen LogP contribution in [0.3, 0.4) is 0 Å². The first-order chi connectivity index (χ1) is 15.5. The van der Waals surface area contributed by atoms with E-state index in [1.54, 1.807) is 30.2 Å². The van der Waals surface area contributed by atoms with Gasteiger partial charge in [-0.05, 0) is 31.2 Å². The van der Waals surface area contributed by atoms with Gasteiger partial charge in [-0.15, -0.1) is 0 Å². The van der Waals surface area contributed by atoms with Crippen molar-refractivity contribution in [1.82, 2.24) is 19.9 Å². The Kier molecular flexibility index (Phi) is 6.55. The lowest BCUT2D eigenvalue weighted by molar-refractivity contribution is 0.122. The molecule has 3 aromatic heterocycles. The number of hydrogen-bond donors (Lipinski definition) is 2. The molecule has 1 atom stereocenters.